The SMILES string of the molecule is CC1=C[C@@H]2/C=C(\C)CC[C@@H](O)[C@@H](O)CCC(=O)[C@]23C(=O)N[C@@H](CC(C)C)[C@@H]3[C@@H]1C. The standard InChI is InChI=1S/C24H37NO4/c1-13(2)10-18-22-16(5)15(4)12-17-11-14(3)6-7-19(26)20(27)8-9-21(28)24(17,22)23(29)25-18/h11-13,16-20,22,26-27H,6-10H2,1-5H3,(H,25,29)/b14-11+/t16-,17+,18+,19-,20+,22+,24-/m1/s1. The van der Waals surface area contributed by atoms with Crippen LogP contribution < -0.4 is 5.32 Å². The number of carbonyl (C=O) groups excluding carboxylic acids is 2. The molecule has 0 unspecified atom stereocenters. The molecule has 1 heterocycles. The summed E-state index contributed by atoms with van der Waals surface area (Å²) in [6.45, 7) is 10.5. The summed E-state index contributed by atoms with van der Waals surface area (Å²) in [6, 6.07) is -0.0260. The highest BCUT2D eigenvalue weighted by Crippen LogP contribution is 2.55. The monoisotopic (exact) mass is 403 g/mol. The van der Waals surface area contributed by atoms with E-state index in [0.29, 0.717) is 18.8 Å². The summed E-state index contributed by atoms with van der Waals surface area (Å²) in [7, 11) is 0. The fourth-order valence-corrected chi connectivity index (χ4v) is 5.84. The van der Waals surface area contributed by atoms with Crippen molar-refractivity contribution in [3.8, 4) is 0 Å². The highest BCUT2D eigenvalue weighted by atomic mass is 16.3. The summed E-state index contributed by atoms with van der Waals surface area (Å²) in [5.41, 5.74) is 1.16. The molecule has 3 aliphatic rings. The van der Waals surface area contributed by atoms with Crippen LogP contribution in [0.5, 0.6) is 0 Å². The van der Waals surface area contributed by atoms with Gasteiger partial charge in [0, 0.05) is 24.3 Å². The number of hydrogen-bond donors (Lipinski definition) is 3. The third kappa shape index (κ3) is 3.84. The van der Waals surface area contributed by atoms with E-state index in [1.54, 1.807) is 0 Å². The zero-order valence-corrected chi connectivity index (χ0v) is 18.4. The van der Waals surface area contributed by atoms with Crippen LogP contribution in [0.25, 0.3) is 0 Å². The van der Waals surface area contributed by atoms with Crippen LogP contribution in [0.15, 0.2) is 23.3 Å². The lowest BCUT2D eigenvalue weighted by atomic mass is 9.54. The van der Waals surface area contributed by atoms with Crippen LogP contribution in [0.2, 0.25) is 0 Å². The molecule has 162 valence electrons. The maximum absolute atomic E-state index is 13.7. The summed E-state index contributed by atoms with van der Waals surface area (Å²) >= 11 is 0. The molecule has 29 heavy (non-hydrogen) atoms. The van der Waals surface area contributed by atoms with Gasteiger partial charge in [0.25, 0.3) is 0 Å². The van der Waals surface area contributed by atoms with Crippen LogP contribution in [0.3, 0.4) is 0 Å². The lowest BCUT2D eigenvalue weighted by Gasteiger charge is -2.45. The van der Waals surface area contributed by atoms with Crippen molar-refractivity contribution in [1.82, 2.24) is 5.32 Å². The molecule has 1 amide bonds. The fourth-order valence-electron chi connectivity index (χ4n) is 5.84. The van der Waals surface area contributed by atoms with Crippen LogP contribution in [-0.2, 0) is 9.59 Å². The highest BCUT2D eigenvalue weighted by molar-refractivity contribution is 6.09. The highest BCUT2D eigenvalue weighted by Gasteiger charge is 2.65. The van der Waals surface area contributed by atoms with Crippen molar-refractivity contribution >= 4 is 11.7 Å². The summed E-state index contributed by atoms with van der Waals surface area (Å²) in [4.78, 5) is 27.2. The molecule has 0 bridgehead atoms. The number of allylic oxidation sites excluding steroid dienone is 4. The van der Waals surface area contributed by atoms with Gasteiger partial charge in [0.2, 0.25) is 5.91 Å². The van der Waals surface area contributed by atoms with Crippen molar-refractivity contribution in [3.05, 3.63) is 23.3 Å². The van der Waals surface area contributed by atoms with E-state index in [-0.39, 0.29) is 48.3 Å². The summed E-state index contributed by atoms with van der Waals surface area (Å²) < 4.78 is 0. The molecular weight excluding hydrogens is 366 g/mol. The maximum Gasteiger partial charge on any atom is 0.235 e. The van der Waals surface area contributed by atoms with E-state index < -0.39 is 17.6 Å². The Bertz CT molecular complexity index is 724. The molecule has 1 spiro atoms. The first kappa shape index (κ1) is 22.2. The first-order valence-corrected chi connectivity index (χ1v) is 11.1. The number of aliphatic hydroxyl groups is 2. The van der Waals surface area contributed by atoms with E-state index in [2.05, 4.69) is 45.2 Å². The third-order valence-electron chi connectivity index (χ3n) is 7.47. The van der Waals surface area contributed by atoms with Crippen LogP contribution >= 0.6 is 0 Å². The van der Waals surface area contributed by atoms with E-state index >= 15 is 0 Å². The van der Waals surface area contributed by atoms with Gasteiger partial charge in [-0.2, -0.15) is 0 Å². The predicted octanol–water partition coefficient (Wildman–Crippen LogP) is 3.16. The van der Waals surface area contributed by atoms with E-state index in [9.17, 15) is 19.8 Å². The first-order chi connectivity index (χ1) is 13.6. The minimum atomic E-state index is -1.12. The number of rotatable bonds is 2. The molecular formula is C24H37NO4. The lowest BCUT2D eigenvalue weighted by Crippen LogP contribution is -2.52. The molecule has 0 aromatic heterocycles. The zero-order chi connectivity index (χ0) is 21.5. The van der Waals surface area contributed by atoms with E-state index in [0.717, 1.165) is 12.0 Å². The minimum absolute atomic E-state index is 0.0260. The number of Topliss-reactive ketones (excluding diaryl/α,β-unsaturated/α-hetero) is 1. The Morgan fingerprint density at radius 1 is 1.10 bits per heavy atom. The number of carbonyl (C=O) groups is 2. The van der Waals surface area contributed by atoms with Crippen molar-refractivity contribution in [2.24, 2.45) is 29.1 Å². The number of hydrogen-bond acceptors (Lipinski definition) is 4. The Morgan fingerprint density at radius 3 is 2.34 bits per heavy atom. The van der Waals surface area contributed by atoms with Crippen LogP contribution in [0.1, 0.15) is 66.7 Å². The molecule has 0 saturated carbocycles. The Hall–Kier alpha value is -1.46. The van der Waals surface area contributed by atoms with Gasteiger partial charge in [0.15, 0.2) is 0 Å². The second-order valence-electron chi connectivity index (χ2n) is 9.98. The molecule has 1 saturated heterocycles. The molecule has 1 fully saturated rings. The Kier molecular flexibility index (Phi) is 6.40. The average Bonchev–Trinajstić information content (AvgIpc) is 2.93. The summed E-state index contributed by atoms with van der Waals surface area (Å²) in [6.07, 6.45) is 4.66. The molecule has 0 radical (unpaired) electrons. The van der Waals surface area contributed by atoms with Gasteiger partial charge in [-0.25, -0.2) is 0 Å². The van der Waals surface area contributed by atoms with Gasteiger partial charge >= 0.3 is 0 Å². The number of ketones is 1. The Morgan fingerprint density at radius 2 is 1.72 bits per heavy atom. The number of nitrogens with one attached hydrogen (secondary N) is 1. The molecule has 1 aliphatic heterocycles. The molecule has 2 aliphatic carbocycles. The van der Waals surface area contributed by atoms with Crippen molar-refractivity contribution in [2.75, 3.05) is 0 Å². The maximum atomic E-state index is 13.7. The fraction of sp³-hybridized carbons (Fsp3) is 0.750. The topological polar surface area (TPSA) is 86.6 Å². The van der Waals surface area contributed by atoms with Gasteiger partial charge in [-0.05, 0) is 51.4 Å². The Labute approximate surface area is 174 Å². The molecule has 7 atom stereocenters. The van der Waals surface area contributed by atoms with Gasteiger partial charge in [-0.3, -0.25) is 9.59 Å². The van der Waals surface area contributed by atoms with Crippen molar-refractivity contribution in [3.63, 3.8) is 0 Å². The Balaban J connectivity index is 2.14. The van der Waals surface area contributed by atoms with E-state index in [4.69, 9.17) is 0 Å². The second-order valence-corrected chi connectivity index (χ2v) is 9.98. The van der Waals surface area contributed by atoms with E-state index in [1.807, 2.05) is 6.92 Å². The number of aliphatic hydroxyl groups excluding tert-OH is 2. The quantitative estimate of drug-likeness (QED) is 0.488. The van der Waals surface area contributed by atoms with Crippen LogP contribution in [-0.4, -0.2) is 40.2 Å². The molecule has 3 rings (SSSR count). The van der Waals surface area contributed by atoms with Gasteiger partial charge in [0.05, 0.1) is 12.2 Å². The second kappa shape index (κ2) is 8.35. The zero-order valence-electron chi connectivity index (χ0n) is 18.4. The van der Waals surface area contributed by atoms with E-state index in [1.165, 1.54) is 5.57 Å². The molecule has 5 nitrogen and oxygen atoms in total. The van der Waals surface area contributed by atoms with Crippen LogP contribution in [0.4, 0.5) is 0 Å². The van der Waals surface area contributed by atoms with Crippen molar-refractivity contribution in [2.45, 2.75) is 85.0 Å². The van der Waals surface area contributed by atoms with Crippen molar-refractivity contribution in [1.29, 1.82) is 0 Å². The third-order valence-corrected chi connectivity index (χ3v) is 7.47. The summed E-state index contributed by atoms with van der Waals surface area (Å²) in [5, 5.41) is 23.8. The molecule has 5 heteroatoms. The smallest absolute Gasteiger partial charge is 0.235 e. The average molecular weight is 404 g/mol. The summed E-state index contributed by atoms with van der Waals surface area (Å²) in [5.74, 6) is -0.0692. The van der Waals surface area contributed by atoms with Gasteiger partial charge in [-0.15, -0.1) is 0 Å². The van der Waals surface area contributed by atoms with Crippen LogP contribution in [0, 0.1) is 29.1 Å². The van der Waals surface area contributed by atoms with Crippen molar-refractivity contribution < 1.29 is 19.8 Å². The minimum Gasteiger partial charge on any atom is -0.390 e. The van der Waals surface area contributed by atoms with Gasteiger partial charge in [-0.1, -0.05) is 44.1 Å². The number of amides is 1. The molecule has 0 aromatic rings. The molecule has 0 aromatic carbocycles. The lowest BCUT2D eigenvalue weighted by molar-refractivity contribution is -0.145. The molecule has 3 N–H and O–H groups in total. The normalized spacial score (nSPS) is 42.9. The van der Waals surface area contributed by atoms with Gasteiger partial charge < -0.3 is 15.5 Å². The first-order valence-electron chi connectivity index (χ1n) is 11.1. The largest absolute Gasteiger partial charge is 0.390 e. The van der Waals surface area contributed by atoms with Gasteiger partial charge in [0.1, 0.15) is 11.2 Å². The predicted molar refractivity (Wildman–Crippen MR) is 113 cm³/mol.